The highest BCUT2D eigenvalue weighted by Gasteiger charge is 2.01. The van der Waals surface area contributed by atoms with Crippen molar-refractivity contribution in [2.75, 3.05) is 0 Å². The van der Waals surface area contributed by atoms with E-state index in [0.717, 1.165) is 17.7 Å². The Morgan fingerprint density at radius 3 is 2.83 bits per heavy atom. The zero-order valence-corrected chi connectivity index (χ0v) is 10.5. The zero-order valence-electron chi connectivity index (χ0n) is 9.73. The zero-order chi connectivity index (χ0) is 12.8. The molecule has 1 aromatic heterocycles. The second-order valence-electron chi connectivity index (χ2n) is 3.88. The Kier molecular flexibility index (Phi) is 4.30. The van der Waals surface area contributed by atoms with E-state index in [1.165, 1.54) is 0 Å². The highest BCUT2D eigenvalue weighted by Crippen LogP contribution is 2.17. The molecule has 0 aliphatic heterocycles. The molecule has 3 nitrogen and oxygen atoms in total. The summed E-state index contributed by atoms with van der Waals surface area (Å²) < 4.78 is 0. The number of hydrogen-bond donors (Lipinski definition) is 1. The lowest BCUT2D eigenvalue weighted by Gasteiger charge is -2.06. The fraction of sp³-hybridized carbons (Fsp3) is 0.143. The Bertz CT molecular complexity index is 561. The van der Waals surface area contributed by atoms with Gasteiger partial charge in [-0.25, -0.2) is 0 Å². The third-order valence-corrected chi connectivity index (χ3v) is 2.90. The highest BCUT2D eigenvalue weighted by atomic mass is 35.5. The first-order chi connectivity index (χ1) is 8.79. The summed E-state index contributed by atoms with van der Waals surface area (Å²) in [6.07, 6.45) is 3.58. The van der Waals surface area contributed by atoms with Gasteiger partial charge in [0.25, 0.3) is 0 Å². The summed E-state index contributed by atoms with van der Waals surface area (Å²) in [7, 11) is 0. The largest absolute Gasteiger partial charge is 0.309 e. The average Bonchev–Trinajstić information content (AvgIpc) is 2.42. The Balaban J connectivity index is 1.93. The summed E-state index contributed by atoms with van der Waals surface area (Å²) in [5.74, 6) is 0. The number of nitrogens with one attached hydrogen (secondary N) is 1. The minimum Gasteiger partial charge on any atom is -0.309 e. The van der Waals surface area contributed by atoms with E-state index in [4.69, 9.17) is 16.9 Å². The maximum absolute atomic E-state index is 8.75. The fourth-order valence-electron chi connectivity index (χ4n) is 1.60. The topological polar surface area (TPSA) is 48.7 Å². The number of nitrogens with zero attached hydrogens (tertiary/aromatic N) is 2. The molecule has 2 rings (SSSR count). The van der Waals surface area contributed by atoms with Crippen LogP contribution in [0, 0.1) is 11.3 Å². The molecule has 0 radical (unpaired) electrons. The minimum absolute atomic E-state index is 0.580. The summed E-state index contributed by atoms with van der Waals surface area (Å²) in [6, 6.07) is 11.3. The molecule has 1 aromatic carbocycles. The second kappa shape index (κ2) is 6.15. The molecule has 0 saturated heterocycles. The predicted octanol–water partition coefficient (Wildman–Crippen LogP) is 2.90. The van der Waals surface area contributed by atoms with Crippen molar-refractivity contribution >= 4 is 11.6 Å². The minimum atomic E-state index is 0.580. The van der Waals surface area contributed by atoms with Crippen molar-refractivity contribution in [2.24, 2.45) is 0 Å². The molecule has 0 atom stereocenters. The molecule has 0 bridgehead atoms. The van der Waals surface area contributed by atoms with Crippen molar-refractivity contribution in [2.45, 2.75) is 13.1 Å². The summed E-state index contributed by atoms with van der Waals surface area (Å²) >= 11 is 6.09. The summed E-state index contributed by atoms with van der Waals surface area (Å²) in [6.45, 7) is 1.41. The number of aromatic nitrogens is 1. The average molecular weight is 258 g/mol. The van der Waals surface area contributed by atoms with Crippen LogP contribution in [0.5, 0.6) is 0 Å². The quantitative estimate of drug-likeness (QED) is 0.916. The van der Waals surface area contributed by atoms with E-state index in [1.54, 1.807) is 18.3 Å². The first-order valence-corrected chi connectivity index (χ1v) is 5.95. The highest BCUT2D eigenvalue weighted by molar-refractivity contribution is 6.31. The van der Waals surface area contributed by atoms with Gasteiger partial charge in [-0.3, -0.25) is 4.98 Å². The number of benzene rings is 1. The van der Waals surface area contributed by atoms with E-state index >= 15 is 0 Å². The Hall–Kier alpha value is -1.89. The van der Waals surface area contributed by atoms with Crippen LogP contribution in [0.4, 0.5) is 0 Å². The van der Waals surface area contributed by atoms with E-state index in [-0.39, 0.29) is 0 Å². The van der Waals surface area contributed by atoms with Gasteiger partial charge in [-0.05, 0) is 29.3 Å². The standard InChI is InChI=1S/C14H12ClN3/c15-14-6-11(7-16)3-4-13(14)10-18-9-12-2-1-5-17-8-12/h1-6,8,18H,9-10H2. The second-order valence-corrected chi connectivity index (χ2v) is 4.29. The van der Waals surface area contributed by atoms with Crippen LogP contribution in [0.3, 0.4) is 0 Å². The van der Waals surface area contributed by atoms with Gasteiger partial charge in [0, 0.05) is 30.5 Å². The van der Waals surface area contributed by atoms with E-state index in [1.807, 2.05) is 24.4 Å². The van der Waals surface area contributed by atoms with Crippen LogP contribution in [-0.4, -0.2) is 4.98 Å². The van der Waals surface area contributed by atoms with Crippen LogP contribution in [-0.2, 0) is 13.1 Å². The Morgan fingerprint density at radius 1 is 1.28 bits per heavy atom. The SMILES string of the molecule is N#Cc1ccc(CNCc2cccnc2)c(Cl)c1. The van der Waals surface area contributed by atoms with Gasteiger partial charge in [0.1, 0.15) is 0 Å². The van der Waals surface area contributed by atoms with Crippen LogP contribution in [0.1, 0.15) is 16.7 Å². The van der Waals surface area contributed by atoms with Crippen LogP contribution in [0.15, 0.2) is 42.7 Å². The molecule has 0 aliphatic rings. The molecule has 0 unspecified atom stereocenters. The molecule has 0 saturated carbocycles. The van der Waals surface area contributed by atoms with Gasteiger partial charge in [0.2, 0.25) is 0 Å². The number of rotatable bonds is 4. The molecule has 0 aliphatic carbocycles. The van der Waals surface area contributed by atoms with Crippen molar-refractivity contribution in [1.29, 1.82) is 5.26 Å². The first kappa shape index (κ1) is 12.6. The molecular formula is C14H12ClN3. The molecular weight excluding hydrogens is 246 g/mol. The fourth-order valence-corrected chi connectivity index (χ4v) is 1.85. The Morgan fingerprint density at radius 2 is 2.17 bits per heavy atom. The predicted molar refractivity (Wildman–Crippen MR) is 70.9 cm³/mol. The smallest absolute Gasteiger partial charge is 0.0992 e. The molecule has 1 heterocycles. The van der Waals surface area contributed by atoms with E-state index < -0.39 is 0 Å². The van der Waals surface area contributed by atoms with Crippen LogP contribution in [0.25, 0.3) is 0 Å². The number of pyridine rings is 1. The molecule has 0 amide bonds. The molecule has 4 heteroatoms. The number of nitriles is 1. The van der Waals surface area contributed by atoms with Crippen molar-refractivity contribution in [3.8, 4) is 6.07 Å². The third-order valence-electron chi connectivity index (χ3n) is 2.55. The lowest BCUT2D eigenvalue weighted by Crippen LogP contribution is -2.13. The summed E-state index contributed by atoms with van der Waals surface area (Å²) in [4.78, 5) is 4.05. The molecule has 1 N–H and O–H groups in total. The normalized spacial score (nSPS) is 10.0. The van der Waals surface area contributed by atoms with Crippen molar-refractivity contribution in [1.82, 2.24) is 10.3 Å². The lowest BCUT2D eigenvalue weighted by molar-refractivity contribution is 0.691. The van der Waals surface area contributed by atoms with Gasteiger partial charge in [-0.15, -0.1) is 0 Å². The van der Waals surface area contributed by atoms with Crippen LogP contribution >= 0.6 is 11.6 Å². The van der Waals surface area contributed by atoms with E-state index in [9.17, 15) is 0 Å². The molecule has 90 valence electrons. The lowest BCUT2D eigenvalue weighted by atomic mass is 10.1. The van der Waals surface area contributed by atoms with E-state index in [0.29, 0.717) is 17.1 Å². The van der Waals surface area contributed by atoms with Gasteiger partial charge in [-0.1, -0.05) is 23.7 Å². The van der Waals surface area contributed by atoms with Gasteiger partial charge < -0.3 is 5.32 Å². The molecule has 0 spiro atoms. The number of halogens is 1. The summed E-state index contributed by atoms with van der Waals surface area (Å²) in [5, 5.41) is 12.7. The molecule has 0 fully saturated rings. The van der Waals surface area contributed by atoms with Crippen LogP contribution < -0.4 is 5.32 Å². The monoisotopic (exact) mass is 257 g/mol. The maximum atomic E-state index is 8.75. The van der Waals surface area contributed by atoms with E-state index in [2.05, 4.69) is 16.4 Å². The van der Waals surface area contributed by atoms with Crippen molar-refractivity contribution in [3.63, 3.8) is 0 Å². The van der Waals surface area contributed by atoms with Gasteiger partial charge >= 0.3 is 0 Å². The van der Waals surface area contributed by atoms with Crippen molar-refractivity contribution in [3.05, 3.63) is 64.4 Å². The van der Waals surface area contributed by atoms with Crippen LogP contribution in [0.2, 0.25) is 5.02 Å². The molecule has 2 aromatic rings. The summed E-state index contributed by atoms with van der Waals surface area (Å²) in [5.41, 5.74) is 2.69. The third kappa shape index (κ3) is 3.30. The van der Waals surface area contributed by atoms with Crippen molar-refractivity contribution < 1.29 is 0 Å². The molecule has 18 heavy (non-hydrogen) atoms. The first-order valence-electron chi connectivity index (χ1n) is 5.58. The Labute approximate surface area is 111 Å². The van der Waals surface area contributed by atoms with Gasteiger partial charge in [0.05, 0.1) is 11.6 Å². The maximum Gasteiger partial charge on any atom is 0.0992 e. The number of hydrogen-bond acceptors (Lipinski definition) is 3. The van der Waals surface area contributed by atoms with Gasteiger partial charge in [0.15, 0.2) is 0 Å². The van der Waals surface area contributed by atoms with Gasteiger partial charge in [-0.2, -0.15) is 5.26 Å².